The normalized spacial score (nSPS) is 9.48. The average molecular weight is 316 g/mol. The summed E-state index contributed by atoms with van der Waals surface area (Å²) in [6.45, 7) is 0.459. The molecule has 0 aliphatic rings. The van der Waals surface area contributed by atoms with Crippen molar-refractivity contribution in [3.05, 3.63) is 24.3 Å². The lowest BCUT2D eigenvalue weighted by Crippen LogP contribution is -2.27. The maximum atomic E-state index is 11.6. The first kappa shape index (κ1) is 19.2. The van der Waals surface area contributed by atoms with Crippen LogP contribution in [0, 0.1) is 0 Å². The summed E-state index contributed by atoms with van der Waals surface area (Å²) < 4.78 is 5.37. The van der Waals surface area contributed by atoms with Crippen molar-refractivity contribution in [2.45, 2.75) is 12.8 Å². The minimum absolute atomic E-state index is 0. The predicted molar refractivity (Wildman–Crippen MR) is 84.8 cm³/mol. The van der Waals surface area contributed by atoms with Crippen molar-refractivity contribution in [3.8, 4) is 5.75 Å². The maximum absolute atomic E-state index is 11.6. The molecule has 0 saturated carbocycles. The molecular weight excluding hydrogens is 294 g/mol. The molecule has 0 unspecified atom stereocenters. The number of nitrogens with one attached hydrogen (secondary N) is 1. The number of benzene rings is 1. The minimum Gasteiger partial charge on any atom is -0.484 e. The molecule has 2 amide bonds. The van der Waals surface area contributed by atoms with Crippen LogP contribution in [0.2, 0.25) is 0 Å². The van der Waals surface area contributed by atoms with Crippen LogP contribution in [-0.4, -0.2) is 44.0 Å². The molecule has 1 rings (SSSR count). The molecule has 0 atom stereocenters. The van der Waals surface area contributed by atoms with E-state index in [0.717, 1.165) is 0 Å². The molecule has 118 valence electrons. The molecule has 0 radical (unpaired) electrons. The fraction of sp³-hybridized carbons (Fsp3) is 0.429. The molecule has 6 nitrogen and oxygen atoms in total. The highest BCUT2D eigenvalue weighted by Gasteiger charge is 2.06. The fourth-order valence-electron chi connectivity index (χ4n) is 1.42. The Hall–Kier alpha value is -1.79. The molecule has 1 aromatic rings. The molecule has 7 heteroatoms. The Bertz CT molecular complexity index is 467. The fourth-order valence-corrected chi connectivity index (χ4v) is 1.42. The highest BCUT2D eigenvalue weighted by Crippen LogP contribution is 2.17. The summed E-state index contributed by atoms with van der Waals surface area (Å²) in [4.78, 5) is 24.4. The van der Waals surface area contributed by atoms with E-state index in [1.807, 2.05) is 0 Å². The van der Waals surface area contributed by atoms with Gasteiger partial charge in [0.15, 0.2) is 6.61 Å². The highest BCUT2D eigenvalue weighted by atomic mass is 35.5. The number of hydrogen-bond acceptors (Lipinski definition) is 4. The number of nitrogens with zero attached hydrogens (tertiary/aromatic N) is 1. The van der Waals surface area contributed by atoms with Crippen LogP contribution in [-0.2, 0) is 9.59 Å². The third-order valence-corrected chi connectivity index (χ3v) is 2.59. The number of amides is 2. The first-order valence-electron chi connectivity index (χ1n) is 6.46. The van der Waals surface area contributed by atoms with Gasteiger partial charge in [-0.3, -0.25) is 9.59 Å². The van der Waals surface area contributed by atoms with Gasteiger partial charge >= 0.3 is 0 Å². The SMILES string of the molecule is CN(C)C(=O)COc1cccc(NC(=O)CCCN)c1.Cl. The van der Waals surface area contributed by atoms with Gasteiger partial charge < -0.3 is 20.7 Å². The summed E-state index contributed by atoms with van der Waals surface area (Å²) in [7, 11) is 3.33. The molecular formula is C14H22ClN3O3. The average Bonchev–Trinajstić information content (AvgIpc) is 2.42. The van der Waals surface area contributed by atoms with Crippen LogP contribution in [0.5, 0.6) is 5.75 Å². The number of halogens is 1. The number of carbonyl (C=O) groups excluding carboxylic acids is 2. The standard InChI is InChI=1S/C14H21N3O3.ClH/c1-17(2)14(19)10-20-12-6-3-5-11(9-12)16-13(18)7-4-8-15;/h3,5-6,9H,4,7-8,10,15H2,1-2H3,(H,16,18);1H. The molecule has 21 heavy (non-hydrogen) atoms. The molecule has 0 aromatic heterocycles. The molecule has 0 heterocycles. The first-order chi connectivity index (χ1) is 9.52. The molecule has 0 bridgehead atoms. The summed E-state index contributed by atoms with van der Waals surface area (Å²) in [6, 6.07) is 6.94. The smallest absolute Gasteiger partial charge is 0.259 e. The summed E-state index contributed by atoms with van der Waals surface area (Å²) in [5.74, 6) is 0.330. The minimum atomic E-state index is -0.123. The Labute approximate surface area is 131 Å². The third-order valence-electron chi connectivity index (χ3n) is 2.59. The number of rotatable bonds is 7. The van der Waals surface area contributed by atoms with E-state index in [-0.39, 0.29) is 30.8 Å². The van der Waals surface area contributed by atoms with Crippen LogP contribution in [0.3, 0.4) is 0 Å². The lowest BCUT2D eigenvalue weighted by Gasteiger charge is -2.12. The van der Waals surface area contributed by atoms with Crippen molar-refractivity contribution in [1.82, 2.24) is 4.90 Å². The van der Waals surface area contributed by atoms with Crippen molar-refractivity contribution < 1.29 is 14.3 Å². The van der Waals surface area contributed by atoms with Crippen molar-refractivity contribution in [2.75, 3.05) is 32.6 Å². The quantitative estimate of drug-likeness (QED) is 0.793. The van der Waals surface area contributed by atoms with Crippen LogP contribution in [0.25, 0.3) is 0 Å². The van der Waals surface area contributed by atoms with Crippen LogP contribution in [0.4, 0.5) is 5.69 Å². The molecule has 3 N–H and O–H groups in total. The van der Waals surface area contributed by atoms with Crippen LogP contribution in [0.1, 0.15) is 12.8 Å². The zero-order valence-electron chi connectivity index (χ0n) is 12.3. The number of anilines is 1. The molecule has 0 spiro atoms. The second kappa shape index (κ2) is 10.0. The Morgan fingerprint density at radius 3 is 2.67 bits per heavy atom. The lowest BCUT2D eigenvalue weighted by atomic mass is 10.2. The number of likely N-dealkylation sites (N-methyl/N-ethyl adjacent to an activating group) is 1. The van der Waals surface area contributed by atoms with Crippen LogP contribution in [0.15, 0.2) is 24.3 Å². The van der Waals surface area contributed by atoms with Crippen molar-refractivity contribution in [3.63, 3.8) is 0 Å². The topological polar surface area (TPSA) is 84.7 Å². The second-order valence-electron chi connectivity index (χ2n) is 4.55. The number of ether oxygens (including phenoxy) is 1. The van der Waals surface area contributed by atoms with Crippen LogP contribution >= 0.6 is 12.4 Å². The third kappa shape index (κ3) is 7.53. The maximum Gasteiger partial charge on any atom is 0.259 e. The Morgan fingerprint density at radius 2 is 2.05 bits per heavy atom. The van der Waals surface area contributed by atoms with E-state index in [2.05, 4.69) is 5.32 Å². The van der Waals surface area contributed by atoms with Gasteiger partial charge in [0, 0.05) is 32.3 Å². The van der Waals surface area contributed by atoms with E-state index in [4.69, 9.17) is 10.5 Å². The van der Waals surface area contributed by atoms with Crippen molar-refractivity contribution in [1.29, 1.82) is 0 Å². The summed E-state index contributed by atoms with van der Waals surface area (Å²) >= 11 is 0. The van der Waals surface area contributed by atoms with Crippen LogP contribution < -0.4 is 15.8 Å². The van der Waals surface area contributed by atoms with Gasteiger partial charge in [0.05, 0.1) is 0 Å². The Balaban J connectivity index is 0.00000400. The van der Waals surface area contributed by atoms with Crippen molar-refractivity contribution >= 4 is 29.9 Å². The predicted octanol–water partition coefficient (Wildman–Crippen LogP) is 1.25. The summed E-state index contributed by atoms with van der Waals surface area (Å²) in [6.07, 6.45) is 1.04. The zero-order chi connectivity index (χ0) is 15.0. The van der Waals surface area contributed by atoms with Gasteiger partial charge in [-0.2, -0.15) is 0 Å². The Morgan fingerprint density at radius 1 is 1.33 bits per heavy atom. The monoisotopic (exact) mass is 315 g/mol. The summed E-state index contributed by atoms with van der Waals surface area (Å²) in [5, 5.41) is 2.76. The van der Waals surface area contributed by atoms with Gasteiger partial charge in [-0.15, -0.1) is 12.4 Å². The number of nitrogens with two attached hydrogens (primary N) is 1. The van der Waals surface area contributed by atoms with Gasteiger partial charge in [0.1, 0.15) is 5.75 Å². The molecule has 0 aliphatic carbocycles. The van der Waals surface area contributed by atoms with Gasteiger partial charge in [-0.1, -0.05) is 6.07 Å². The van der Waals surface area contributed by atoms with E-state index in [9.17, 15) is 9.59 Å². The molecule has 0 saturated heterocycles. The molecule has 0 aliphatic heterocycles. The second-order valence-corrected chi connectivity index (χ2v) is 4.55. The number of hydrogen-bond donors (Lipinski definition) is 2. The highest BCUT2D eigenvalue weighted by molar-refractivity contribution is 5.90. The molecule has 0 fully saturated rings. The van der Waals surface area contributed by atoms with Gasteiger partial charge in [-0.05, 0) is 25.1 Å². The largest absolute Gasteiger partial charge is 0.484 e. The van der Waals surface area contributed by atoms with E-state index in [1.54, 1.807) is 38.4 Å². The van der Waals surface area contributed by atoms with Gasteiger partial charge in [0.25, 0.3) is 5.91 Å². The lowest BCUT2D eigenvalue weighted by molar-refractivity contribution is -0.130. The first-order valence-corrected chi connectivity index (χ1v) is 6.46. The van der Waals surface area contributed by atoms with E-state index >= 15 is 0 Å². The van der Waals surface area contributed by atoms with Gasteiger partial charge in [-0.25, -0.2) is 0 Å². The zero-order valence-corrected chi connectivity index (χ0v) is 13.1. The number of carbonyl (C=O) groups is 2. The summed E-state index contributed by atoms with van der Waals surface area (Å²) in [5.41, 5.74) is 5.99. The van der Waals surface area contributed by atoms with E-state index in [1.165, 1.54) is 4.90 Å². The van der Waals surface area contributed by atoms with Crippen molar-refractivity contribution in [2.24, 2.45) is 5.73 Å². The Kier molecular flexibility index (Phi) is 9.16. The molecule has 1 aromatic carbocycles. The van der Waals surface area contributed by atoms with E-state index in [0.29, 0.717) is 30.8 Å². The van der Waals surface area contributed by atoms with E-state index < -0.39 is 0 Å². The van der Waals surface area contributed by atoms with Gasteiger partial charge in [0.2, 0.25) is 5.91 Å².